The van der Waals surface area contributed by atoms with E-state index in [-0.39, 0.29) is 19.4 Å². The van der Waals surface area contributed by atoms with Gasteiger partial charge in [-0.25, -0.2) is 0 Å². The summed E-state index contributed by atoms with van der Waals surface area (Å²) in [6.07, 6.45) is -2.75. The summed E-state index contributed by atoms with van der Waals surface area (Å²) in [4.78, 5) is 12.7. The highest BCUT2D eigenvalue weighted by molar-refractivity contribution is 5.77. The van der Waals surface area contributed by atoms with E-state index in [9.17, 15) is 18.0 Å². The van der Waals surface area contributed by atoms with Crippen LogP contribution in [-0.4, -0.2) is 35.6 Å². The monoisotopic (exact) mass is 252 g/mol. The summed E-state index contributed by atoms with van der Waals surface area (Å²) >= 11 is 0. The molecule has 0 saturated carbocycles. The fraction of sp³-hybridized carbons (Fsp3) is 0.909. The number of likely N-dealkylation sites (tertiary alicyclic amines) is 1. The predicted octanol–water partition coefficient (Wildman–Crippen LogP) is 2.06. The van der Waals surface area contributed by atoms with Crippen LogP contribution in [0.2, 0.25) is 0 Å². The molecule has 2 N–H and O–H groups in total. The van der Waals surface area contributed by atoms with E-state index in [0.717, 1.165) is 4.90 Å². The molecule has 17 heavy (non-hydrogen) atoms. The van der Waals surface area contributed by atoms with Gasteiger partial charge in [0.25, 0.3) is 0 Å². The van der Waals surface area contributed by atoms with E-state index in [1.807, 2.05) is 0 Å². The average molecular weight is 252 g/mol. The van der Waals surface area contributed by atoms with E-state index < -0.39 is 24.2 Å². The van der Waals surface area contributed by atoms with Crippen molar-refractivity contribution in [2.45, 2.75) is 50.7 Å². The van der Waals surface area contributed by atoms with Gasteiger partial charge in [0.05, 0.1) is 0 Å². The minimum Gasteiger partial charge on any atom is -0.328 e. The van der Waals surface area contributed by atoms with E-state index in [1.165, 1.54) is 0 Å². The van der Waals surface area contributed by atoms with Gasteiger partial charge in [0.1, 0.15) is 0 Å². The number of carbonyl (C=O) groups excluding carboxylic acids is 1. The summed E-state index contributed by atoms with van der Waals surface area (Å²) in [6, 6.07) is 0. The first-order valence-corrected chi connectivity index (χ1v) is 5.96. The predicted molar refractivity (Wildman–Crippen MR) is 58.3 cm³/mol. The molecule has 1 rings (SSSR count). The minimum absolute atomic E-state index is 0.0809. The molecule has 0 aromatic carbocycles. The molecule has 1 aliphatic heterocycles. The van der Waals surface area contributed by atoms with Gasteiger partial charge >= 0.3 is 6.18 Å². The maximum absolute atomic E-state index is 13.2. The molecule has 1 amide bonds. The van der Waals surface area contributed by atoms with Crippen molar-refractivity contribution in [3.05, 3.63) is 0 Å². The highest BCUT2D eigenvalue weighted by atomic mass is 19.4. The van der Waals surface area contributed by atoms with Crippen molar-refractivity contribution in [2.75, 3.05) is 13.1 Å². The number of piperidine rings is 1. The number of amides is 1. The number of alkyl halides is 3. The molecule has 1 heterocycles. The summed E-state index contributed by atoms with van der Waals surface area (Å²) in [6.45, 7) is 1.39. The Morgan fingerprint density at radius 2 is 2.06 bits per heavy atom. The maximum Gasteiger partial charge on any atom is 0.412 e. The van der Waals surface area contributed by atoms with Gasteiger partial charge in [-0.2, -0.15) is 13.2 Å². The summed E-state index contributed by atoms with van der Waals surface area (Å²) in [5, 5.41) is 0. The number of halogens is 3. The van der Waals surface area contributed by atoms with Gasteiger partial charge in [-0.3, -0.25) is 4.79 Å². The third kappa shape index (κ3) is 2.56. The zero-order valence-electron chi connectivity index (χ0n) is 10.0. The van der Waals surface area contributed by atoms with Crippen molar-refractivity contribution in [3.8, 4) is 0 Å². The van der Waals surface area contributed by atoms with Crippen molar-refractivity contribution in [3.63, 3.8) is 0 Å². The van der Waals surface area contributed by atoms with Gasteiger partial charge < -0.3 is 10.6 Å². The van der Waals surface area contributed by atoms with Crippen molar-refractivity contribution < 1.29 is 18.0 Å². The molecule has 6 heteroatoms. The highest BCUT2D eigenvalue weighted by Gasteiger charge is 2.59. The summed E-state index contributed by atoms with van der Waals surface area (Å²) in [5.74, 6) is -0.435. The first-order chi connectivity index (χ1) is 7.89. The van der Waals surface area contributed by atoms with Crippen LogP contribution < -0.4 is 5.73 Å². The minimum atomic E-state index is -4.45. The number of nitrogens with two attached hydrogens (primary N) is 1. The van der Waals surface area contributed by atoms with Gasteiger partial charge in [-0.1, -0.05) is 6.92 Å². The molecule has 1 saturated heterocycles. The van der Waals surface area contributed by atoms with Crippen LogP contribution in [0.25, 0.3) is 0 Å². The first kappa shape index (κ1) is 14.3. The number of hydrogen-bond donors (Lipinski definition) is 1. The van der Waals surface area contributed by atoms with Crippen LogP contribution in [0.5, 0.6) is 0 Å². The Labute approximate surface area is 99.1 Å². The van der Waals surface area contributed by atoms with Crippen LogP contribution in [0, 0.1) is 0 Å². The molecule has 100 valence electrons. The Hall–Kier alpha value is -0.780. The van der Waals surface area contributed by atoms with Crippen LogP contribution in [0.3, 0.4) is 0 Å². The van der Waals surface area contributed by atoms with E-state index in [4.69, 9.17) is 5.73 Å². The van der Waals surface area contributed by atoms with Crippen molar-refractivity contribution in [2.24, 2.45) is 5.73 Å². The standard InChI is InChI=1S/C11H19F3N2O/c1-2-5-9(17)16-7-4-3-6-10(16,8-15)11(12,13)14/h2-8,15H2,1H3. The molecule has 1 atom stereocenters. The zero-order chi connectivity index (χ0) is 13.1. The zero-order valence-corrected chi connectivity index (χ0v) is 10.0. The second-order valence-electron chi connectivity index (χ2n) is 4.49. The molecule has 3 nitrogen and oxygen atoms in total. The largest absolute Gasteiger partial charge is 0.412 e. The lowest BCUT2D eigenvalue weighted by Crippen LogP contribution is -2.66. The normalized spacial score (nSPS) is 26.1. The van der Waals surface area contributed by atoms with Gasteiger partial charge in [0.15, 0.2) is 5.54 Å². The SMILES string of the molecule is CCCC(=O)N1CCCCC1(CN)C(F)(F)F. The third-order valence-corrected chi connectivity index (χ3v) is 3.37. The lowest BCUT2D eigenvalue weighted by Gasteiger charge is -2.47. The summed E-state index contributed by atoms with van der Waals surface area (Å²) in [5.41, 5.74) is 3.19. The Kier molecular flexibility index (Phi) is 4.41. The molecule has 0 radical (unpaired) electrons. The van der Waals surface area contributed by atoms with E-state index in [2.05, 4.69) is 0 Å². The molecule has 1 aliphatic rings. The molecular formula is C11H19F3N2O. The fourth-order valence-corrected chi connectivity index (χ4v) is 2.37. The van der Waals surface area contributed by atoms with Crippen LogP contribution in [0.1, 0.15) is 39.0 Å². The molecule has 0 spiro atoms. The number of hydrogen-bond acceptors (Lipinski definition) is 2. The van der Waals surface area contributed by atoms with Crippen molar-refractivity contribution >= 4 is 5.91 Å². The van der Waals surface area contributed by atoms with Crippen LogP contribution in [-0.2, 0) is 4.79 Å². The Morgan fingerprint density at radius 3 is 2.53 bits per heavy atom. The van der Waals surface area contributed by atoms with Gasteiger partial charge in [0, 0.05) is 19.5 Å². The van der Waals surface area contributed by atoms with E-state index >= 15 is 0 Å². The molecule has 0 bridgehead atoms. The number of nitrogens with zero attached hydrogens (tertiary/aromatic N) is 1. The first-order valence-electron chi connectivity index (χ1n) is 5.96. The highest BCUT2D eigenvalue weighted by Crippen LogP contribution is 2.41. The van der Waals surface area contributed by atoms with Gasteiger partial charge in [-0.05, 0) is 25.7 Å². The fourth-order valence-electron chi connectivity index (χ4n) is 2.37. The summed E-state index contributed by atoms with van der Waals surface area (Å²) < 4.78 is 39.5. The average Bonchev–Trinajstić information content (AvgIpc) is 2.27. The second kappa shape index (κ2) is 5.25. The Bertz CT molecular complexity index is 280. The number of rotatable bonds is 3. The smallest absolute Gasteiger partial charge is 0.328 e. The molecule has 0 aromatic heterocycles. The van der Waals surface area contributed by atoms with Crippen molar-refractivity contribution in [1.29, 1.82) is 0 Å². The Balaban J connectivity index is 3.01. The molecule has 0 aliphatic carbocycles. The lowest BCUT2D eigenvalue weighted by atomic mass is 9.85. The van der Waals surface area contributed by atoms with Crippen LogP contribution in [0.15, 0.2) is 0 Å². The number of carbonyl (C=O) groups is 1. The molecule has 0 aromatic rings. The Morgan fingerprint density at radius 1 is 1.41 bits per heavy atom. The van der Waals surface area contributed by atoms with Gasteiger partial charge in [0.2, 0.25) is 5.91 Å². The van der Waals surface area contributed by atoms with Crippen LogP contribution in [0.4, 0.5) is 13.2 Å². The van der Waals surface area contributed by atoms with E-state index in [1.54, 1.807) is 6.92 Å². The maximum atomic E-state index is 13.2. The van der Waals surface area contributed by atoms with Crippen molar-refractivity contribution in [1.82, 2.24) is 4.90 Å². The topological polar surface area (TPSA) is 46.3 Å². The quantitative estimate of drug-likeness (QED) is 0.835. The third-order valence-electron chi connectivity index (χ3n) is 3.37. The second-order valence-corrected chi connectivity index (χ2v) is 4.49. The van der Waals surface area contributed by atoms with Crippen LogP contribution >= 0.6 is 0 Å². The van der Waals surface area contributed by atoms with Gasteiger partial charge in [-0.15, -0.1) is 0 Å². The summed E-state index contributed by atoms with van der Waals surface area (Å²) in [7, 11) is 0. The molecular weight excluding hydrogens is 233 g/mol. The molecule has 1 unspecified atom stereocenters. The van der Waals surface area contributed by atoms with E-state index in [0.29, 0.717) is 19.3 Å². The lowest BCUT2D eigenvalue weighted by molar-refractivity contribution is -0.237. The molecule has 1 fully saturated rings.